The van der Waals surface area contributed by atoms with Crippen molar-refractivity contribution < 1.29 is 13.6 Å². The molecule has 0 fully saturated rings. The predicted octanol–water partition coefficient (Wildman–Crippen LogP) is 3.82. The second-order valence-corrected chi connectivity index (χ2v) is 6.98. The Kier molecular flexibility index (Phi) is 6.31. The summed E-state index contributed by atoms with van der Waals surface area (Å²) in [6.07, 6.45) is 1.87. The number of hydrogen-bond acceptors (Lipinski definition) is 5. The minimum absolute atomic E-state index is 0.242. The zero-order chi connectivity index (χ0) is 19.2. The predicted molar refractivity (Wildman–Crippen MR) is 102 cm³/mol. The number of rotatable bonds is 8. The standard InChI is InChI=1S/C18H16ClFN4O2S/c1-12(19)11-27-18-23-22-16(24(18)14-6-4-13(20)5-7-14)8-9-21-17(25)15-3-2-10-26-15/h2-7,10H,1,8-9,11H2,(H,21,25). The molecule has 9 heteroatoms. The first-order chi connectivity index (χ1) is 13.0. The quantitative estimate of drug-likeness (QED) is 0.576. The molecule has 1 amide bonds. The highest BCUT2D eigenvalue weighted by atomic mass is 35.5. The van der Waals surface area contributed by atoms with Crippen LogP contribution in [-0.2, 0) is 6.42 Å². The van der Waals surface area contributed by atoms with Gasteiger partial charge in [0.05, 0.1) is 6.26 Å². The molecule has 0 saturated carbocycles. The Balaban J connectivity index is 1.76. The summed E-state index contributed by atoms with van der Waals surface area (Å²) in [4.78, 5) is 12.0. The highest BCUT2D eigenvalue weighted by Gasteiger charge is 2.16. The summed E-state index contributed by atoms with van der Waals surface area (Å²) in [5, 5.41) is 12.2. The van der Waals surface area contributed by atoms with Crippen molar-refractivity contribution in [1.82, 2.24) is 20.1 Å². The molecule has 0 spiro atoms. The Morgan fingerprint density at radius 1 is 1.30 bits per heavy atom. The number of thioether (sulfide) groups is 1. The van der Waals surface area contributed by atoms with Gasteiger partial charge in [0.15, 0.2) is 10.9 Å². The zero-order valence-corrected chi connectivity index (χ0v) is 15.8. The topological polar surface area (TPSA) is 73.0 Å². The van der Waals surface area contributed by atoms with Crippen LogP contribution in [0, 0.1) is 5.82 Å². The summed E-state index contributed by atoms with van der Waals surface area (Å²) in [5.41, 5.74) is 0.719. The fraction of sp³-hybridized carbons (Fsp3) is 0.167. The Labute approximate surface area is 164 Å². The number of nitrogens with one attached hydrogen (secondary N) is 1. The fourth-order valence-corrected chi connectivity index (χ4v) is 3.22. The summed E-state index contributed by atoms with van der Waals surface area (Å²) in [5.74, 6) is 0.704. The molecular formula is C18H16ClFN4O2S. The van der Waals surface area contributed by atoms with E-state index in [4.69, 9.17) is 16.0 Å². The van der Waals surface area contributed by atoms with Crippen LogP contribution in [0.4, 0.5) is 4.39 Å². The molecule has 0 radical (unpaired) electrons. The minimum atomic E-state index is -0.331. The van der Waals surface area contributed by atoms with Gasteiger partial charge < -0.3 is 9.73 Å². The number of carbonyl (C=O) groups is 1. The van der Waals surface area contributed by atoms with Crippen molar-refractivity contribution in [1.29, 1.82) is 0 Å². The number of nitrogens with zero attached hydrogens (tertiary/aromatic N) is 3. The lowest BCUT2D eigenvalue weighted by Crippen LogP contribution is -2.26. The molecule has 0 aliphatic rings. The van der Waals surface area contributed by atoms with Gasteiger partial charge >= 0.3 is 0 Å². The summed E-state index contributed by atoms with van der Waals surface area (Å²) in [6.45, 7) is 4.00. The number of amides is 1. The highest BCUT2D eigenvalue weighted by Crippen LogP contribution is 2.24. The molecule has 0 bridgehead atoms. The smallest absolute Gasteiger partial charge is 0.286 e. The van der Waals surface area contributed by atoms with E-state index >= 15 is 0 Å². The molecule has 1 aromatic carbocycles. The molecule has 0 aliphatic heterocycles. The lowest BCUT2D eigenvalue weighted by molar-refractivity contribution is 0.0926. The molecule has 140 valence electrons. The van der Waals surface area contributed by atoms with Gasteiger partial charge in [0.2, 0.25) is 0 Å². The van der Waals surface area contributed by atoms with Gasteiger partial charge in [-0.05, 0) is 36.4 Å². The van der Waals surface area contributed by atoms with Crippen LogP contribution >= 0.6 is 23.4 Å². The molecule has 1 N–H and O–H groups in total. The molecule has 3 aromatic rings. The molecule has 0 atom stereocenters. The van der Waals surface area contributed by atoms with Gasteiger partial charge in [0.25, 0.3) is 5.91 Å². The molecule has 0 aliphatic carbocycles. The van der Waals surface area contributed by atoms with Gasteiger partial charge in [-0.1, -0.05) is 29.9 Å². The van der Waals surface area contributed by atoms with E-state index in [-0.39, 0.29) is 17.5 Å². The molecule has 0 unspecified atom stereocenters. The van der Waals surface area contributed by atoms with E-state index in [2.05, 4.69) is 22.1 Å². The third-order valence-corrected chi connectivity index (χ3v) is 4.83. The first-order valence-electron chi connectivity index (χ1n) is 8.02. The Bertz CT molecular complexity index is 926. The average Bonchev–Trinajstić information content (AvgIpc) is 3.31. The number of halogens is 2. The maximum Gasteiger partial charge on any atom is 0.286 e. The van der Waals surface area contributed by atoms with Crippen LogP contribution in [0.15, 0.2) is 63.8 Å². The first-order valence-corrected chi connectivity index (χ1v) is 9.39. The van der Waals surface area contributed by atoms with Crippen LogP contribution < -0.4 is 5.32 Å². The van der Waals surface area contributed by atoms with Crippen molar-refractivity contribution in [2.45, 2.75) is 11.6 Å². The van der Waals surface area contributed by atoms with E-state index < -0.39 is 0 Å². The van der Waals surface area contributed by atoms with E-state index in [9.17, 15) is 9.18 Å². The van der Waals surface area contributed by atoms with E-state index in [1.807, 2.05) is 4.57 Å². The summed E-state index contributed by atoms with van der Waals surface area (Å²) in [7, 11) is 0. The molecule has 3 rings (SSSR count). The molecule has 0 saturated heterocycles. The SMILES string of the molecule is C=C(Cl)CSc1nnc(CCNC(=O)c2ccco2)n1-c1ccc(F)cc1. The summed E-state index contributed by atoms with van der Waals surface area (Å²) < 4.78 is 20.1. The number of furan rings is 1. The monoisotopic (exact) mass is 406 g/mol. The van der Waals surface area contributed by atoms with Crippen LogP contribution in [0.2, 0.25) is 0 Å². The highest BCUT2D eigenvalue weighted by molar-refractivity contribution is 7.99. The third kappa shape index (κ3) is 4.99. The van der Waals surface area contributed by atoms with Crippen molar-refractivity contribution in [2.24, 2.45) is 0 Å². The van der Waals surface area contributed by atoms with Crippen LogP contribution in [0.1, 0.15) is 16.4 Å². The van der Waals surface area contributed by atoms with E-state index in [0.29, 0.717) is 34.7 Å². The molecule has 2 aromatic heterocycles. The van der Waals surface area contributed by atoms with Crippen LogP contribution in [-0.4, -0.2) is 33.0 Å². The van der Waals surface area contributed by atoms with Gasteiger partial charge in [-0.3, -0.25) is 9.36 Å². The van der Waals surface area contributed by atoms with Gasteiger partial charge in [-0.2, -0.15) is 0 Å². The summed E-state index contributed by atoms with van der Waals surface area (Å²) >= 11 is 7.22. The van der Waals surface area contributed by atoms with Gasteiger partial charge in [0.1, 0.15) is 11.6 Å². The average molecular weight is 407 g/mol. The molecule has 6 nitrogen and oxygen atoms in total. The number of benzene rings is 1. The van der Waals surface area contributed by atoms with E-state index in [1.54, 1.807) is 24.3 Å². The van der Waals surface area contributed by atoms with Gasteiger partial charge in [-0.15, -0.1) is 10.2 Å². The third-order valence-electron chi connectivity index (χ3n) is 3.52. The number of carbonyl (C=O) groups excluding carboxylic acids is 1. The summed E-state index contributed by atoms with van der Waals surface area (Å²) in [6, 6.07) is 9.25. The maximum atomic E-state index is 13.3. The molecule has 27 heavy (non-hydrogen) atoms. The van der Waals surface area contributed by atoms with Crippen molar-refractivity contribution in [3.63, 3.8) is 0 Å². The zero-order valence-electron chi connectivity index (χ0n) is 14.2. The van der Waals surface area contributed by atoms with Crippen LogP contribution in [0.25, 0.3) is 5.69 Å². The first kappa shape index (κ1) is 19.2. The lowest BCUT2D eigenvalue weighted by atomic mass is 10.3. The fourth-order valence-electron chi connectivity index (χ4n) is 2.33. The van der Waals surface area contributed by atoms with Crippen molar-refractivity contribution in [3.8, 4) is 5.69 Å². The van der Waals surface area contributed by atoms with Gasteiger partial charge in [-0.25, -0.2) is 4.39 Å². The number of aromatic nitrogens is 3. The normalized spacial score (nSPS) is 10.7. The van der Waals surface area contributed by atoms with Crippen LogP contribution in [0.5, 0.6) is 0 Å². The molecule has 2 heterocycles. The second kappa shape index (κ2) is 8.88. The largest absolute Gasteiger partial charge is 0.459 e. The Morgan fingerprint density at radius 3 is 2.74 bits per heavy atom. The van der Waals surface area contributed by atoms with Crippen LogP contribution in [0.3, 0.4) is 0 Å². The number of hydrogen-bond donors (Lipinski definition) is 1. The van der Waals surface area contributed by atoms with Gasteiger partial charge in [0, 0.05) is 29.4 Å². The van der Waals surface area contributed by atoms with E-state index in [0.717, 1.165) is 5.69 Å². The maximum absolute atomic E-state index is 13.3. The van der Waals surface area contributed by atoms with Crippen molar-refractivity contribution >= 4 is 29.3 Å². The van der Waals surface area contributed by atoms with Crippen molar-refractivity contribution in [2.75, 3.05) is 12.3 Å². The lowest BCUT2D eigenvalue weighted by Gasteiger charge is -2.10. The molecular weight excluding hydrogens is 391 g/mol. The Hall–Kier alpha value is -2.58. The van der Waals surface area contributed by atoms with Crippen molar-refractivity contribution in [3.05, 3.63) is 71.7 Å². The second-order valence-electron chi connectivity index (χ2n) is 5.50. The minimum Gasteiger partial charge on any atom is -0.459 e. The Morgan fingerprint density at radius 2 is 2.07 bits per heavy atom. The van der Waals surface area contributed by atoms with E-state index in [1.165, 1.54) is 30.2 Å².